The molecule has 0 aliphatic heterocycles. The van der Waals surface area contributed by atoms with Crippen LogP contribution in [0, 0.1) is 0 Å². The van der Waals surface area contributed by atoms with E-state index in [4.69, 9.17) is 0 Å². The van der Waals surface area contributed by atoms with Crippen LogP contribution in [-0.4, -0.2) is 9.13 Å². The molecule has 2 aliphatic carbocycles. The number of aryl methyl sites for hydroxylation is 1. The Kier molecular flexibility index (Phi) is 13.0. The van der Waals surface area contributed by atoms with Crippen molar-refractivity contribution in [2.24, 2.45) is 0 Å². The average molecular weight is 1260 g/mol. The van der Waals surface area contributed by atoms with Crippen molar-refractivity contribution in [1.29, 1.82) is 0 Å². The molecule has 0 radical (unpaired) electrons. The molecule has 462 valence electrons. The average Bonchev–Trinajstić information content (AvgIpc) is 1.53. The van der Waals surface area contributed by atoms with Crippen molar-refractivity contribution in [2.45, 2.75) is 18.3 Å². The molecule has 99 heavy (non-hydrogen) atoms. The fourth-order valence-corrected chi connectivity index (χ4v) is 16.8. The Morgan fingerprint density at radius 1 is 0.242 bits per heavy atom. The van der Waals surface area contributed by atoms with E-state index >= 15 is 0 Å². The van der Waals surface area contributed by atoms with Gasteiger partial charge in [-0.05, 0) is 213 Å². The summed E-state index contributed by atoms with van der Waals surface area (Å²) in [7, 11) is 0. The predicted octanol–water partition coefficient (Wildman–Crippen LogP) is 25.6. The van der Waals surface area contributed by atoms with E-state index in [1.807, 2.05) is 0 Å². The number of hydrogen-bond acceptors (Lipinski definition) is 0. The van der Waals surface area contributed by atoms with Crippen LogP contribution in [0.3, 0.4) is 0 Å². The van der Waals surface area contributed by atoms with Gasteiger partial charge in [0, 0.05) is 38.0 Å². The summed E-state index contributed by atoms with van der Waals surface area (Å²) in [4.78, 5) is 0. The fourth-order valence-electron chi connectivity index (χ4n) is 16.8. The first-order valence-corrected chi connectivity index (χ1v) is 34.6. The molecule has 0 amide bonds. The molecule has 2 heteroatoms. The Bertz CT molecular complexity index is 6370. The van der Waals surface area contributed by atoms with Gasteiger partial charge in [0.1, 0.15) is 0 Å². The van der Waals surface area contributed by atoms with E-state index in [1.54, 1.807) is 0 Å². The van der Waals surface area contributed by atoms with Crippen LogP contribution in [0.25, 0.3) is 167 Å². The number of aromatic nitrogens is 2. The highest BCUT2D eigenvalue weighted by Crippen LogP contribution is 2.60. The monoisotopic (exact) mass is 1260 g/mol. The molecular formula is C97H64N2. The molecule has 0 saturated heterocycles. The highest BCUT2D eigenvalue weighted by atomic mass is 15.0. The third-order valence-electron chi connectivity index (χ3n) is 21.7. The first kappa shape index (κ1) is 56.7. The lowest BCUT2D eigenvalue weighted by Crippen LogP contribution is -2.23. The van der Waals surface area contributed by atoms with Crippen molar-refractivity contribution >= 4 is 100 Å². The maximum atomic E-state index is 2.52. The molecule has 1 atom stereocenters. The van der Waals surface area contributed by atoms with E-state index in [2.05, 4.69) is 373 Å². The van der Waals surface area contributed by atoms with Crippen molar-refractivity contribution in [3.8, 4) is 67.0 Å². The van der Waals surface area contributed by atoms with Gasteiger partial charge in [-0.1, -0.05) is 291 Å². The van der Waals surface area contributed by atoms with Gasteiger partial charge >= 0.3 is 0 Å². The van der Waals surface area contributed by atoms with Crippen LogP contribution in [0.1, 0.15) is 50.9 Å². The predicted molar refractivity (Wildman–Crippen MR) is 420 cm³/mol. The zero-order chi connectivity index (χ0) is 65.1. The molecule has 0 saturated carbocycles. The van der Waals surface area contributed by atoms with Crippen LogP contribution in [-0.2, 0) is 11.8 Å². The van der Waals surface area contributed by atoms with Gasteiger partial charge in [-0.2, -0.15) is 0 Å². The topological polar surface area (TPSA) is 9.86 Å². The minimum Gasteiger partial charge on any atom is -0.309 e. The lowest BCUT2D eigenvalue weighted by atomic mass is 9.72. The lowest BCUT2D eigenvalue weighted by molar-refractivity contribution is 0.627. The smallest absolute Gasteiger partial charge is 0.0541 e. The number of rotatable bonds is 10. The quantitative estimate of drug-likeness (QED) is 0.121. The van der Waals surface area contributed by atoms with Crippen molar-refractivity contribution in [1.82, 2.24) is 9.13 Å². The zero-order valence-electron chi connectivity index (χ0n) is 54.4. The second-order valence-corrected chi connectivity index (χ2v) is 27.1. The first-order valence-electron chi connectivity index (χ1n) is 34.6. The Hall–Kier alpha value is -12.6. The van der Waals surface area contributed by atoms with Gasteiger partial charge in [-0.25, -0.2) is 0 Å². The summed E-state index contributed by atoms with van der Waals surface area (Å²) in [5.74, 6) is 0. The van der Waals surface area contributed by atoms with E-state index in [9.17, 15) is 0 Å². The molecule has 2 aromatic heterocycles. The van der Waals surface area contributed by atoms with Crippen molar-refractivity contribution in [3.63, 3.8) is 0 Å². The van der Waals surface area contributed by atoms with E-state index in [-0.39, 0.29) is 5.41 Å². The molecule has 18 aromatic rings. The zero-order valence-corrected chi connectivity index (χ0v) is 54.4. The minimum absolute atomic E-state index is 0.274. The number of para-hydroxylation sites is 2. The van der Waals surface area contributed by atoms with Gasteiger partial charge in [0.05, 0.1) is 27.8 Å². The van der Waals surface area contributed by atoms with Crippen molar-refractivity contribution in [2.75, 3.05) is 0 Å². The Morgan fingerprint density at radius 3 is 1.17 bits per heavy atom. The van der Waals surface area contributed by atoms with Gasteiger partial charge in [-0.3, -0.25) is 0 Å². The second-order valence-electron chi connectivity index (χ2n) is 27.1. The molecular weight excluding hydrogens is 1190 g/mol. The molecule has 1 unspecified atom stereocenters. The van der Waals surface area contributed by atoms with Crippen molar-refractivity contribution < 1.29 is 0 Å². The van der Waals surface area contributed by atoms with Gasteiger partial charge in [0.15, 0.2) is 0 Å². The van der Waals surface area contributed by atoms with Crippen LogP contribution in [0.5, 0.6) is 0 Å². The minimum atomic E-state index is -0.274. The standard InChI is InChI=1S/C97H64N2/c1-2-15-74-57-81(49-44-67(74)12-1)98-93-21-9-7-19-85(93)87-58-76(47-52-95(87)98)68-36-28-63(29-37-68)24-26-65-32-40-70(41-33-65)78-45-50-83-84-51-46-79(62-91(84)97(90(83)61-78)55-54-80-56-73-14-3-4-16-75(73)60-89(80)97)71-42-34-66(35-43-71)27-25-64-30-38-69(39-31-64)77-48-53-96-88(59-77)86-20-8-10-22-94(86)99(96)92-23-11-17-72-13-5-6-18-82(72)92/h1-53,56-62H,54-55H2/b26-24+,27-25+. The van der Waals surface area contributed by atoms with Crippen LogP contribution < -0.4 is 0 Å². The number of benzene rings is 16. The van der Waals surface area contributed by atoms with Crippen LogP contribution in [0.15, 0.2) is 340 Å². The summed E-state index contributed by atoms with van der Waals surface area (Å²) in [6, 6.07) is 127. The van der Waals surface area contributed by atoms with Crippen LogP contribution >= 0.6 is 0 Å². The van der Waals surface area contributed by atoms with Gasteiger partial charge in [0.2, 0.25) is 0 Å². The highest BCUT2D eigenvalue weighted by Gasteiger charge is 2.49. The molecule has 0 fully saturated rings. The molecule has 20 rings (SSSR count). The lowest BCUT2D eigenvalue weighted by Gasteiger charge is -2.29. The SMILES string of the molecule is C(=C\c1ccc(-c2ccc3c(c2)c2ccccc2n3-c2ccc3ccccc3c2)cc1)/c1ccc(-c2ccc3c(c2)C2(CCc4cc5ccccc5cc42)c2cc(-c4ccc(/C=C/c5ccc(-c6ccc7c(c6)c6ccccc6n7-c6cccc7ccccc67)cc5)cc4)ccc2-3)cc1. The van der Waals surface area contributed by atoms with Gasteiger partial charge in [-0.15, -0.1) is 0 Å². The highest BCUT2D eigenvalue weighted by molar-refractivity contribution is 6.13. The molecule has 0 bridgehead atoms. The molecule has 2 aliphatic rings. The molecule has 0 N–H and O–H groups in total. The number of fused-ring (bicyclic) bond motifs is 16. The van der Waals surface area contributed by atoms with Gasteiger partial charge in [0.25, 0.3) is 0 Å². The normalized spacial score (nSPS) is 14.1. The number of hydrogen-bond donors (Lipinski definition) is 0. The molecule has 2 heterocycles. The summed E-state index contributed by atoms with van der Waals surface area (Å²) < 4.78 is 4.83. The Morgan fingerprint density at radius 2 is 0.636 bits per heavy atom. The summed E-state index contributed by atoms with van der Waals surface area (Å²) in [6.07, 6.45) is 11.0. The third-order valence-corrected chi connectivity index (χ3v) is 21.7. The summed E-state index contributed by atoms with van der Waals surface area (Å²) in [5.41, 5.74) is 29.8. The fraction of sp³-hybridized carbons (Fsp3) is 0.0309. The molecule has 16 aromatic carbocycles. The van der Waals surface area contributed by atoms with Crippen LogP contribution in [0.4, 0.5) is 0 Å². The summed E-state index contributed by atoms with van der Waals surface area (Å²) >= 11 is 0. The Balaban J connectivity index is 0.553. The molecule has 1 spiro atoms. The summed E-state index contributed by atoms with van der Waals surface area (Å²) in [6.45, 7) is 0. The maximum absolute atomic E-state index is 2.52. The van der Waals surface area contributed by atoms with Gasteiger partial charge < -0.3 is 9.13 Å². The van der Waals surface area contributed by atoms with Crippen molar-refractivity contribution in [3.05, 3.63) is 384 Å². The third kappa shape index (κ3) is 9.39. The van der Waals surface area contributed by atoms with E-state index in [0.29, 0.717) is 0 Å². The largest absolute Gasteiger partial charge is 0.309 e. The second kappa shape index (κ2) is 22.8. The van der Waals surface area contributed by atoms with Crippen LogP contribution in [0.2, 0.25) is 0 Å². The van der Waals surface area contributed by atoms with E-state index < -0.39 is 0 Å². The van der Waals surface area contributed by atoms with E-state index in [0.717, 1.165) is 12.8 Å². The number of nitrogens with zero attached hydrogens (tertiary/aromatic N) is 2. The Labute approximate surface area is 575 Å². The molecule has 2 nitrogen and oxygen atoms in total. The maximum Gasteiger partial charge on any atom is 0.0541 e. The first-order chi connectivity index (χ1) is 49.0. The van der Waals surface area contributed by atoms with E-state index in [1.165, 1.54) is 187 Å². The summed E-state index contributed by atoms with van der Waals surface area (Å²) in [5, 5.41) is 12.6.